The molecule has 2 aliphatic rings. The Bertz CT molecular complexity index is 1390. The Morgan fingerprint density at radius 2 is 1.52 bits per heavy atom. The average Bonchev–Trinajstić information content (AvgIpc) is 3.06. The van der Waals surface area contributed by atoms with Gasteiger partial charge in [0.05, 0.1) is 23.1 Å². The van der Waals surface area contributed by atoms with Crippen molar-refractivity contribution in [1.29, 1.82) is 0 Å². The lowest BCUT2D eigenvalue weighted by Crippen LogP contribution is -2.41. The van der Waals surface area contributed by atoms with E-state index in [-0.39, 0.29) is 5.78 Å². The number of hydrogen-bond acceptors (Lipinski definition) is 3. The van der Waals surface area contributed by atoms with E-state index in [0.717, 1.165) is 21.2 Å². The highest BCUT2D eigenvalue weighted by Gasteiger charge is 2.49. The molecule has 4 nitrogen and oxygen atoms in total. The van der Waals surface area contributed by atoms with E-state index in [2.05, 4.69) is 15.9 Å². The van der Waals surface area contributed by atoms with Gasteiger partial charge in [-0.3, -0.25) is 4.79 Å². The number of carbonyl (C=O) groups is 1. The number of anilines is 1. The van der Waals surface area contributed by atoms with Crippen molar-refractivity contribution >= 4 is 43.5 Å². The number of fused-ring (bicyclic) bond motifs is 4. The largest absolute Gasteiger partial charge is 0.289 e. The summed E-state index contributed by atoms with van der Waals surface area (Å²) in [5.74, 6) is -0.0838. The van der Waals surface area contributed by atoms with Gasteiger partial charge in [0, 0.05) is 10.0 Å². The third-order valence-corrected chi connectivity index (χ3v) is 7.39. The highest BCUT2D eigenvalue weighted by atomic mass is 79.9. The van der Waals surface area contributed by atoms with Gasteiger partial charge in [0.15, 0.2) is 5.78 Å². The summed E-state index contributed by atoms with van der Waals surface area (Å²) in [6.07, 6.45) is 6.51. The van der Waals surface area contributed by atoms with E-state index in [1.165, 1.54) is 10.6 Å². The fourth-order valence-corrected chi connectivity index (χ4v) is 5.89. The van der Waals surface area contributed by atoms with Crippen LogP contribution in [0.5, 0.6) is 0 Å². The predicted molar refractivity (Wildman–Crippen MR) is 127 cm³/mol. The fraction of sp³-hybridized carbons (Fsp3) is 0.0800. The maximum absolute atomic E-state index is 13.1. The summed E-state index contributed by atoms with van der Waals surface area (Å²) in [5.41, 5.74) is 3.46. The van der Waals surface area contributed by atoms with Crippen molar-refractivity contribution in [3.8, 4) is 0 Å². The Morgan fingerprint density at radius 3 is 2.23 bits per heavy atom. The van der Waals surface area contributed by atoms with Crippen molar-refractivity contribution in [3.63, 3.8) is 0 Å². The Labute approximate surface area is 189 Å². The molecule has 0 unspecified atom stereocenters. The van der Waals surface area contributed by atoms with Crippen LogP contribution in [0.15, 0.2) is 95.1 Å². The molecule has 0 N–H and O–H groups in total. The molecule has 0 heterocycles. The van der Waals surface area contributed by atoms with E-state index < -0.39 is 15.4 Å². The number of benzene rings is 3. The molecule has 0 saturated carbocycles. The van der Waals surface area contributed by atoms with E-state index in [1.807, 2.05) is 66.7 Å². The molecule has 154 valence electrons. The van der Waals surface area contributed by atoms with Crippen molar-refractivity contribution in [1.82, 2.24) is 0 Å². The molecule has 31 heavy (non-hydrogen) atoms. The average molecular weight is 492 g/mol. The summed E-state index contributed by atoms with van der Waals surface area (Å²) in [6, 6.07) is 22.4. The molecule has 2 aliphatic carbocycles. The fourth-order valence-electron chi connectivity index (χ4n) is 4.57. The number of carbonyl (C=O) groups excluding carboxylic acids is 1. The van der Waals surface area contributed by atoms with E-state index >= 15 is 0 Å². The van der Waals surface area contributed by atoms with Gasteiger partial charge < -0.3 is 0 Å². The lowest BCUT2D eigenvalue weighted by molar-refractivity contribution is 0.104. The van der Waals surface area contributed by atoms with Gasteiger partial charge in [0.1, 0.15) is 0 Å². The SMILES string of the molecule is CS(=O)(=O)N(C1=Cc2ccccc2[C@]12C=CC(=O)c1ccccc12)c1ccc(Br)cc1. The number of allylic oxidation sites excluding steroid dienone is 2. The summed E-state index contributed by atoms with van der Waals surface area (Å²) in [7, 11) is -3.69. The second kappa shape index (κ2) is 7.04. The van der Waals surface area contributed by atoms with Crippen LogP contribution in [0.1, 0.15) is 27.0 Å². The zero-order chi connectivity index (χ0) is 21.8. The molecule has 0 bridgehead atoms. The minimum Gasteiger partial charge on any atom is -0.289 e. The van der Waals surface area contributed by atoms with Crippen LogP contribution in [0.2, 0.25) is 0 Å². The second-order valence-electron chi connectivity index (χ2n) is 7.67. The van der Waals surface area contributed by atoms with Gasteiger partial charge in [-0.2, -0.15) is 0 Å². The first-order chi connectivity index (χ1) is 14.8. The summed E-state index contributed by atoms with van der Waals surface area (Å²) >= 11 is 3.42. The zero-order valence-electron chi connectivity index (χ0n) is 16.6. The molecule has 0 radical (unpaired) electrons. The number of nitrogens with zero attached hydrogens (tertiary/aromatic N) is 1. The minimum absolute atomic E-state index is 0.0838. The van der Waals surface area contributed by atoms with E-state index in [0.29, 0.717) is 16.9 Å². The van der Waals surface area contributed by atoms with E-state index in [4.69, 9.17) is 0 Å². The molecule has 5 rings (SSSR count). The van der Waals surface area contributed by atoms with Gasteiger partial charge in [-0.15, -0.1) is 0 Å². The molecule has 0 saturated heterocycles. The van der Waals surface area contributed by atoms with Crippen molar-refractivity contribution in [2.24, 2.45) is 0 Å². The quantitative estimate of drug-likeness (QED) is 0.498. The number of halogens is 1. The molecular weight excluding hydrogens is 474 g/mol. The van der Waals surface area contributed by atoms with Gasteiger partial charge in [-0.1, -0.05) is 70.5 Å². The van der Waals surface area contributed by atoms with Crippen LogP contribution in [-0.2, 0) is 15.4 Å². The van der Waals surface area contributed by atoms with Crippen LogP contribution in [0.25, 0.3) is 6.08 Å². The van der Waals surface area contributed by atoms with Gasteiger partial charge in [0.2, 0.25) is 10.0 Å². The van der Waals surface area contributed by atoms with Crippen molar-refractivity contribution in [3.05, 3.63) is 117 Å². The molecule has 3 aromatic carbocycles. The van der Waals surface area contributed by atoms with Crippen LogP contribution < -0.4 is 4.31 Å². The van der Waals surface area contributed by atoms with Crippen LogP contribution in [0.3, 0.4) is 0 Å². The van der Waals surface area contributed by atoms with Crippen LogP contribution in [0.4, 0.5) is 5.69 Å². The smallest absolute Gasteiger partial charge is 0.236 e. The van der Waals surface area contributed by atoms with Crippen molar-refractivity contribution < 1.29 is 13.2 Å². The molecule has 0 aliphatic heterocycles. The first kappa shape index (κ1) is 20.0. The molecule has 0 amide bonds. The summed E-state index contributed by atoms with van der Waals surface area (Å²) in [5, 5.41) is 0. The molecule has 3 aromatic rings. The molecule has 1 spiro atoms. The third kappa shape index (κ3) is 3.01. The standard InChI is InChI=1S/C25H18BrNO3S/c1-31(29,30)27(19-12-10-18(26)11-13-19)24-16-17-6-2-4-8-21(17)25(24)15-14-23(28)20-7-3-5-9-22(20)25/h2-16H,1H3/t25-/m0/s1. The maximum Gasteiger partial charge on any atom is 0.236 e. The number of rotatable bonds is 3. The molecular formula is C25H18BrNO3S. The third-order valence-electron chi connectivity index (χ3n) is 5.80. The van der Waals surface area contributed by atoms with Gasteiger partial charge in [-0.05, 0) is 53.1 Å². The van der Waals surface area contributed by atoms with Crippen LogP contribution in [0, 0.1) is 0 Å². The van der Waals surface area contributed by atoms with Crippen LogP contribution >= 0.6 is 15.9 Å². The van der Waals surface area contributed by atoms with Gasteiger partial charge >= 0.3 is 0 Å². The monoisotopic (exact) mass is 491 g/mol. The van der Waals surface area contributed by atoms with E-state index in [9.17, 15) is 13.2 Å². The molecule has 0 aromatic heterocycles. The molecule has 1 atom stereocenters. The topological polar surface area (TPSA) is 54.5 Å². The Morgan fingerprint density at radius 1 is 0.871 bits per heavy atom. The molecule has 6 heteroatoms. The molecule has 0 fully saturated rings. The summed E-state index contributed by atoms with van der Waals surface area (Å²) in [6.45, 7) is 0. The van der Waals surface area contributed by atoms with Gasteiger partial charge in [-0.25, -0.2) is 12.7 Å². The summed E-state index contributed by atoms with van der Waals surface area (Å²) in [4.78, 5) is 12.7. The lowest BCUT2D eigenvalue weighted by atomic mass is 9.69. The highest BCUT2D eigenvalue weighted by molar-refractivity contribution is 9.10. The number of ketones is 1. The Balaban J connectivity index is 1.85. The van der Waals surface area contributed by atoms with Crippen molar-refractivity contribution in [2.45, 2.75) is 5.41 Å². The predicted octanol–water partition coefficient (Wildman–Crippen LogP) is 5.31. The van der Waals surface area contributed by atoms with E-state index in [1.54, 1.807) is 24.3 Å². The Kier molecular flexibility index (Phi) is 4.53. The first-order valence-corrected chi connectivity index (χ1v) is 12.4. The normalized spacial score (nSPS) is 19.2. The summed E-state index contributed by atoms with van der Waals surface area (Å²) < 4.78 is 28.5. The lowest BCUT2D eigenvalue weighted by Gasteiger charge is -2.39. The van der Waals surface area contributed by atoms with Crippen LogP contribution in [-0.4, -0.2) is 20.5 Å². The zero-order valence-corrected chi connectivity index (χ0v) is 19.0. The van der Waals surface area contributed by atoms with Gasteiger partial charge in [0.25, 0.3) is 0 Å². The van der Waals surface area contributed by atoms with Crippen molar-refractivity contribution in [2.75, 3.05) is 10.6 Å². The first-order valence-electron chi connectivity index (χ1n) is 9.73. The Hall–Kier alpha value is -2.96. The second-order valence-corrected chi connectivity index (χ2v) is 10.4. The number of hydrogen-bond donors (Lipinski definition) is 0. The highest BCUT2D eigenvalue weighted by Crippen LogP contribution is 2.52. The number of sulfonamides is 1. The minimum atomic E-state index is -3.69. The maximum atomic E-state index is 13.1.